The van der Waals surface area contributed by atoms with Crippen molar-refractivity contribution < 1.29 is 0 Å². The van der Waals surface area contributed by atoms with Gasteiger partial charge in [0.25, 0.3) is 0 Å². The second-order valence-electron chi connectivity index (χ2n) is 12.8. The number of fused-ring (bicyclic) bond motifs is 11. The summed E-state index contributed by atoms with van der Waals surface area (Å²) >= 11 is 0. The quantitative estimate of drug-likeness (QED) is 0.183. The first kappa shape index (κ1) is 26.7. The normalized spacial score (nSPS) is 11.9. The van der Waals surface area contributed by atoms with E-state index in [1.807, 2.05) is 0 Å². The maximum Gasteiger partial charge on any atom is -0.00137 e. The van der Waals surface area contributed by atoms with Crippen molar-refractivity contribution in [3.05, 3.63) is 143 Å². The molecule has 0 saturated heterocycles. The molecule has 8 aromatic rings. The van der Waals surface area contributed by atoms with E-state index in [2.05, 4.69) is 151 Å². The molecular weight excluding hydrogens is 528 g/mol. The largest absolute Gasteiger partial charge is 0.0616 e. The van der Waals surface area contributed by atoms with Gasteiger partial charge in [-0.1, -0.05) is 97.1 Å². The summed E-state index contributed by atoms with van der Waals surface area (Å²) in [4.78, 5) is 0. The lowest BCUT2D eigenvalue weighted by Gasteiger charge is -2.18. The van der Waals surface area contributed by atoms with Crippen molar-refractivity contribution in [2.24, 2.45) is 0 Å². The number of aryl methyl sites for hydroxylation is 4. The summed E-state index contributed by atoms with van der Waals surface area (Å²) in [6.45, 7) is 13.3. The Morgan fingerprint density at radius 3 is 0.955 bits per heavy atom. The SMILES string of the molecule is Cc1cc(-c2ccc3c4ccccc4c4c5cc(-c6cc(C)c(C)c(C)c6)ccc5c5ccccc5c4c3c2)cc(C)c1C. The van der Waals surface area contributed by atoms with E-state index >= 15 is 0 Å². The van der Waals surface area contributed by atoms with Gasteiger partial charge in [0.1, 0.15) is 0 Å². The zero-order valence-electron chi connectivity index (χ0n) is 26.4. The molecule has 0 nitrogen and oxygen atoms in total. The summed E-state index contributed by atoms with van der Waals surface area (Å²) in [5.41, 5.74) is 13.2. The van der Waals surface area contributed by atoms with Crippen LogP contribution in [-0.2, 0) is 0 Å². The van der Waals surface area contributed by atoms with Gasteiger partial charge >= 0.3 is 0 Å². The number of hydrogen-bond donors (Lipinski definition) is 0. The number of hydrogen-bond acceptors (Lipinski definition) is 0. The smallest absolute Gasteiger partial charge is 0.00137 e. The van der Waals surface area contributed by atoms with Crippen molar-refractivity contribution in [2.45, 2.75) is 41.5 Å². The Bertz CT molecular complexity index is 2270. The van der Waals surface area contributed by atoms with E-state index in [0.29, 0.717) is 0 Å². The molecular formula is C44H36. The molecule has 0 bridgehead atoms. The summed E-state index contributed by atoms with van der Waals surface area (Å²) in [6, 6.07) is 41.6. The Balaban J connectivity index is 1.56. The van der Waals surface area contributed by atoms with Crippen LogP contribution >= 0.6 is 0 Å². The molecule has 0 saturated carbocycles. The molecule has 0 aliphatic carbocycles. The van der Waals surface area contributed by atoms with Crippen LogP contribution in [0.1, 0.15) is 33.4 Å². The van der Waals surface area contributed by atoms with Gasteiger partial charge in [0.2, 0.25) is 0 Å². The number of benzene rings is 8. The van der Waals surface area contributed by atoms with Crippen LogP contribution in [-0.4, -0.2) is 0 Å². The highest BCUT2D eigenvalue weighted by molar-refractivity contribution is 6.39. The lowest BCUT2D eigenvalue weighted by Crippen LogP contribution is -1.92. The van der Waals surface area contributed by atoms with Crippen LogP contribution in [0.25, 0.3) is 76.1 Å². The zero-order chi connectivity index (χ0) is 30.3. The lowest BCUT2D eigenvalue weighted by molar-refractivity contribution is 1.27. The van der Waals surface area contributed by atoms with E-state index in [1.165, 1.54) is 109 Å². The van der Waals surface area contributed by atoms with E-state index in [4.69, 9.17) is 0 Å². The fourth-order valence-corrected chi connectivity index (χ4v) is 7.44. The number of rotatable bonds is 2. The molecule has 0 aliphatic heterocycles. The topological polar surface area (TPSA) is 0 Å². The third kappa shape index (κ3) is 3.91. The molecule has 44 heavy (non-hydrogen) atoms. The first-order valence-corrected chi connectivity index (χ1v) is 15.7. The average Bonchev–Trinajstić information content (AvgIpc) is 3.04. The molecule has 8 rings (SSSR count). The van der Waals surface area contributed by atoms with Gasteiger partial charge in [-0.15, -0.1) is 0 Å². The fourth-order valence-electron chi connectivity index (χ4n) is 7.44. The molecule has 0 aromatic heterocycles. The van der Waals surface area contributed by atoms with Crippen LogP contribution in [0.3, 0.4) is 0 Å². The van der Waals surface area contributed by atoms with Crippen LogP contribution in [0.2, 0.25) is 0 Å². The molecule has 0 heteroatoms. The maximum atomic E-state index is 2.45. The molecule has 0 fully saturated rings. The van der Waals surface area contributed by atoms with Crippen molar-refractivity contribution in [2.75, 3.05) is 0 Å². The molecule has 0 amide bonds. The standard InChI is InChI=1S/C44H36/c1-25-19-33(20-26(2)29(25)5)31-15-17-37-35-11-7-10-14-40(35)44-42-24-32(34-21-27(3)30(6)28(4)22-34)16-18-38(42)36-12-8-9-13-39(36)43(44)41(37)23-31/h7-24H,1-6H3. The summed E-state index contributed by atoms with van der Waals surface area (Å²) in [6.07, 6.45) is 0. The second-order valence-corrected chi connectivity index (χ2v) is 12.8. The minimum Gasteiger partial charge on any atom is -0.0616 e. The lowest BCUT2D eigenvalue weighted by atomic mass is 9.85. The van der Waals surface area contributed by atoms with Gasteiger partial charge in [0, 0.05) is 0 Å². The predicted octanol–water partition coefficient (Wildman–Crippen LogP) is 12.6. The van der Waals surface area contributed by atoms with E-state index in [-0.39, 0.29) is 0 Å². The highest BCUT2D eigenvalue weighted by Crippen LogP contribution is 2.45. The maximum absolute atomic E-state index is 2.45. The Morgan fingerprint density at radius 2 is 0.591 bits per heavy atom. The van der Waals surface area contributed by atoms with Crippen LogP contribution in [0, 0.1) is 41.5 Å². The fraction of sp³-hybridized carbons (Fsp3) is 0.136. The zero-order valence-corrected chi connectivity index (χ0v) is 26.4. The summed E-state index contributed by atoms with van der Waals surface area (Å²) < 4.78 is 0. The van der Waals surface area contributed by atoms with Gasteiger partial charge in [0.15, 0.2) is 0 Å². The molecule has 0 unspecified atom stereocenters. The van der Waals surface area contributed by atoms with Gasteiger partial charge in [-0.05, 0) is 163 Å². The van der Waals surface area contributed by atoms with Crippen LogP contribution in [0.4, 0.5) is 0 Å². The van der Waals surface area contributed by atoms with Crippen molar-refractivity contribution in [3.8, 4) is 22.3 Å². The predicted molar refractivity (Wildman–Crippen MR) is 193 cm³/mol. The average molecular weight is 565 g/mol. The Labute approximate surface area is 259 Å². The Kier molecular flexibility index (Phi) is 5.94. The first-order chi connectivity index (χ1) is 21.3. The minimum atomic E-state index is 1.27. The monoisotopic (exact) mass is 564 g/mol. The second kappa shape index (κ2) is 9.79. The van der Waals surface area contributed by atoms with Gasteiger partial charge < -0.3 is 0 Å². The van der Waals surface area contributed by atoms with Crippen molar-refractivity contribution in [1.82, 2.24) is 0 Å². The van der Waals surface area contributed by atoms with Crippen LogP contribution < -0.4 is 0 Å². The van der Waals surface area contributed by atoms with Crippen molar-refractivity contribution >= 4 is 53.9 Å². The highest BCUT2D eigenvalue weighted by atomic mass is 14.2. The van der Waals surface area contributed by atoms with Gasteiger partial charge in [0.05, 0.1) is 0 Å². The molecule has 0 heterocycles. The molecule has 212 valence electrons. The van der Waals surface area contributed by atoms with Crippen LogP contribution in [0.15, 0.2) is 109 Å². The third-order valence-electron chi connectivity index (χ3n) is 10.3. The molecule has 0 atom stereocenters. The van der Waals surface area contributed by atoms with E-state index < -0.39 is 0 Å². The third-order valence-corrected chi connectivity index (χ3v) is 10.3. The Morgan fingerprint density at radius 1 is 0.273 bits per heavy atom. The summed E-state index contributed by atoms with van der Waals surface area (Å²) in [5, 5.41) is 13.2. The minimum absolute atomic E-state index is 1.27. The van der Waals surface area contributed by atoms with Crippen molar-refractivity contribution in [3.63, 3.8) is 0 Å². The van der Waals surface area contributed by atoms with E-state index in [9.17, 15) is 0 Å². The highest BCUT2D eigenvalue weighted by Gasteiger charge is 2.17. The van der Waals surface area contributed by atoms with E-state index in [1.54, 1.807) is 0 Å². The Hall–Kier alpha value is -4.94. The molecule has 0 spiro atoms. The van der Waals surface area contributed by atoms with Gasteiger partial charge in [-0.25, -0.2) is 0 Å². The summed E-state index contributed by atoms with van der Waals surface area (Å²) in [7, 11) is 0. The molecule has 0 N–H and O–H groups in total. The van der Waals surface area contributed by atoms with Crippen LogP contribution in [0.5, 0.6) is 0 Å². The molecule has 0 aliphatic rings. The molecule has 8 aromatic carbocycles. The summed E-state index contributed by atoms with van der Waals surface area (Å²) in [5.74, 6) is 0. The van der Waals surface area contributed by atoms with Crippen molar-refractivity contribution in [1.29, 1.82) is 0 Å². The first-order valence-electron chi connectivity index (χ1n) is 15.7. The van der Waals surface area contributed by atoms with Gasteiger partial charge in [-0.3, -0.25) is 0 Å². The molecule has 0 radical (unpaired) electrons. The van der Waals surface area contributed by atoms with E-state index in [0.717, 1.165) is 0 Å². The van der Waals surface area contributed by atoms with Gasteiger partial charge in [-0.2, -0.15) is 0 Å².